The van der Waals surface area contributed by atoms with Gasteiger partial charge in [-0.2, -0.15) is 5.10 Å². The fourth-order valence-corrected chi connectivity index (χ4v) is 2.73. The average Bonchev–Trinajstić information content (AvgIpc) is 3.17. The van der Waals surface area contributed by atoms with Crippen LogP contribution in [0.15, 0.2) is 30.5 Å². The van der Waals surface area contributed by atoms with E-state index < -0.39 is 0 Å². The average molecular weight is 359 g/mol. The van der Waals surface area contributed by atoms with Crippen LogP contribution in [0.2, 0.25) is 0 Å². The maximum absolute atomic E-state index is 13.4. The molecule has 0 saturated heterocycles. The number of nitrogens with zero attached hydrogens (tertiary/aromatic N) is 3. The molecule has 3 heterocycles. The third kappa shape index (κ3) is 2.91. The summed E-state index contributed by atoms with van der Waals surface area (Å²) in [5.41, 5.74) is 2.84. The molecular weight excluding hydrogens is 347 g/mol. The predicted molar refractivity (Wildman–Crippen MR) is 92.9 cm³/mol. The highest BCUT2D eigenvalue weighted by atomic mass is 35.5. The summed E-state index contributed by atoms with van der Waals surface area (Å²) in [4.78, 5) is 23.4. The first kappa shape index (κ1) is 15.5. The lowest BCUT2D eigenvalue weighted by Crippen LogP contribution is -2.11. The van der Waals surface area contributed by atoms with Crippen LogP contribution in [0.5, 0.6) is 0 Å². The van der Waals surface area contributed by atoms with E-state index in [0.29, 0.717) is 39.3 Å². The Morgan fingerprint density at radius 3 is 3.04 bits per heavy atom. The van der Waals surface area contributed by atoms with Crippen LogP contribution in [0.3, 0.4) is 0 Å². The van der Waals surface area contributed by atoms with Gasteiger partial charge >= 0.3 is 0 Å². The smallest absolute Gasteiger partial charge is 0.225 e. The zero-order valence-corrected chi connectivity index (χ0v) is 13.6. The van der Waals surface area contributed by atoms with Crippen LogP contribution in [-0.4, -0.2) is 36.9 Å². The second-order valence-electron chi connectivity index (χ2n) is 5.43. The van der Waals surface area contributed by atoms with Gasteiger partial charge in [-0.05, 0) is 24.3 Å². The maximum atomic E-state index is 13.4. The number of hydrogen-bond donors (Lipinski definition) is 3. The normalized spacial score (nSPS) is 11.3. The van der Waals surface area contributed by atoms with Gasteiger partial charge in [0.25, 0.3) is 0 Å². The molecule has 0 atom stereocenters. The molecule has 0 spiro atoms. The molecule has 0 aliphatic carbocycles. The Balaban J connectivity index is 1.76. The Bertz CT molecular complexity index is 1090. The van der Waals surface area contributed by atoms with Gasteiger partial charge in [0.1, 0.15) is 11.5 Å². The number of carbonyl (C=O) groups excluding carboxylic acids is 1. The molecule has 4 aromatic rings. The number of carbonyl (C=O) groups is 1. The van der Waals surface area contributed by atoms with Crippen molar-refractivity contribution in [2.24, 2.45) is 0 Å². The standard InChI is InChI=1S/C16H12ClFN6O/c17-4-3-13(25)20-9-6-10-14(23-24-15(10)19-7-9)16-21-11-2-1-8(18)5-12(11)22-16/h1-2,5-7H,3-4H2,(H,20,25)(H,21,22)(H,19,23,24). The lowest BCUT2D eigenvalue weighted by atomic mass is 10.2. The van der Waals surface area contributed by atoms with E-state index in [2.05, 4.69) is 30.5 Å². The summed E-state index contributed by atoms with van der Waals surface area (Å²) in [5.74, 6) is 0.214. The molecule has 0 fully saturated rings. The lowest BCUT2D eigenvalue weighted by molar-refractivity contribution is -0.115. The van der Waals surface area contributed by atoms with Crippen LogP contribution in [0.4, 0.5) is 10.1 Å². The van der Waals surface area contributed by atoms with E-state index in [0.717, 1.165) is 0 Å². The molecule has 0 aliphatic rings. The van der Waals surface area contributed by atoms with Crippen molar-refractivity contribution < 1.29 is 9.18 Å². The summed E-state index contributed by atoms with van der Waals surface area (Å²) in [6.07, 6.45) is 1.74. The minimum atomic E-state index is -0.344. The van der Waals surface area contributed by atoms with Gasteiger partial charge < -0.3 is 10.3 Å². The van der Waals surface area contributed by atoms with Crippen LogP contribution < -0.4 is 5.32 Å². The van der Waals surface area contributed by atoms with Crippen molar-refractivity contribution in [3.8, 4) is 11.5 Å². The molecule has 25 heavy (non-hydrogen) atoms. The van der Waals surface area contributed by atoms with Crippen molar-refractivity contribution in [2.75, 3.05) is 11.2 Å². The molecule has 3 N–H and O–H groups in total. The van der Waals surface area contributed by atoms with Gasteiger partial charge in [-0.15, -0.1) is 11.6 Å². The summed E-state index contributed by atoms with van der Waals surface area (Å²) in [6, 6.07) is 6.07. The number of rotatable bonds is 4. The van der Waals surface area contributed by atoms with Crippen LogP contribution in [0.1, 0.15) is 6.42 Å². The number of aromatic nitrogens is 5. The Morgan fingerprint density at radius 1 is 1.32 bits per heavy atom. The third-order valence-electron chi connectivity index (χ3n) is 3.70. The fourth-order valence-electron chi connectivity index (χ4n) is 2.56. The van der Waals surface area contributed by atoms with Crippen LogP contribution in [0, 0.1) is 5.82 Å². The van der Waals surface area contributed by atoms with Crippen LogP contribution in [0.25, 0.3) is 33.6 Å². The van der Waals surface area contributed by atoms with Crippen LogP contribution in [-0.2, 0) is 4.79 Å². The van der Waals surface area contributed by atoms with Gasteiger partial charge in [0, 0.05) is 12.3 Å². The van der Waals surface area contributed by atoms with Gasteiger partial charge in [0.05, 0.1) is 28.3 Å². The second-order valence-corrected chi connectivity index (χ2v) is 5.81. The monoisotopic (exact) mass is 358 g/mol. The second kappa shape index (κ2) is 6.14. The number of benzene rings is 1. The number of fused-ring (bicyclic) bond motifs is 2. The molecule has 1 amide bonds. The number of alkyl halides is 1. The Hall–Kier alpha value is -3.00. The Labute approximate surface area is 145 Å². The quantitative estimate of drug-likeness (QED) is 0.488. The van der Waals surface area contributed by atoms with Crippen molar-refractivity contribution >= 4 is 45.3 Å². The zero-order chi connectivity index (χ0) is 17.4. The summed E-state index contributed by atoms with van der Waals surface area (Å²) in [6.45, 7) is 0. The molecule has 0 aliphatic heterocycles. The SMILES string of the molecule is O=C(CCCl)Nc1cnc2n[nH]c(-c3nc4ccc(F)cc4[nH]3)c2c1. The summed E-state index contributed by atoms with van der Waals surface area (Å²) < 4.78 is 13.4. The first-order valence-electron chi connectivity index (χ1n) is 7.49. The highest BCUT2D eigenvalue weighted by Crippen LogP contribution is 2.27. The highest BCUT2D eigenvalue weighted by molar-refractivity contribution is 6.19. The summed E-state index contributed by atoms with van der Waals surface area (Å²) in [5, 5.41) is 10.4. The molecule has 7 nitrogen and oxygen atoms in total. The van der Waals surface area contributed by atoms with Crippen molar-refractivity contribution in [2.45, 2.75) is 6.42 Å². The van der Waals surface area contributed by atoms with E-state index in [1.807, 2.05) is 0 Å². The molecule has 126 valence electrons. The largest absolute Gasteiger partial charge is 0.337 e. The van der Waals surface area contributed by atoms with Gasteiger partial charge in [0.15, 0.2) is 11.5 Å². The van der Waals surface area contributed by atoms with E-state index in [4.69, 9.17) is 11.6 Å². The number of hydrogen-bond acceptors (Lipinski definition) is 4. The van der Waals surface area contributed by atoms with E-state index in [1.54, 1.807) is 12.1 Å². The maximum Gasteiger partial charge on any atom is 0.225 e. The first-order valence-corrected chi connectivity index (χ1v) is 8.03. The van der Waals surface area contributed by atoms with E-state index in [-0.39, 0.29) is 24.0 Å². The molecular formula is C16H12ClFN6O. The van der Waals surface area contributed by atoms with Gasteiger partial charge in [-0.3, -0.25) is 9.89 Å². The molecule has 0 unspecified atom stereocenters. The Morgan fingerprint density at radius 2 is 2.20 bits per heavy atom. The van der Waals surface area contributed by atoms with Crippen molar-refractivity contribution in [1.29, 1.82) is 0 Å². The van der Waals surface area contributed by atoms with Crippen LogP contribution >= 0.6 is 11.6 Å². The molecule has 0 bridgehead atoms. The van der Waals surface area contributed by atoms with Gasteiger partial charge in [-0.25, -0.2) is 14.4 Å². The number of pyridine rings is 1. The number of nitrogens with one attached hydrogen (secondary N) is 3. The van der Waals surface area contributed by atoms with Gasteiger partial charge in [0.2, 0.25) is 5.91 Å². The topological polar surface area (TPSA) is 99.3 Å². The summed E-state index contributed by atoms with van der Waals surface area (Å²) in [7, 11) is 0. The van der Waals surface area contributed by atoms with Gasteiger partial charge in [-0.1, -0.05) is 0 Å². The number of aromatic amines is 2. The Kier molecular flexibility index (Phi) is 3.81. The van der Waals surface area contributed by atoms with Crippen molar-refractivity contribution in [3.63, 3.8) is 0 Å². The predicted octanol–water partition coefficient (Wildman–Crippen LogP) is 3.21. The van der Waals surface area contributed by atoms with Crippen molar-refractivity contribution in [3.05, 3.63) is 36.3 Å². The minimum absolute atomic E-state index is 0.194. The lowest BCUT2D eigenvalue weighted by Gasteiger charge is -2.03. The van der Waals surface area contributed by atoms with E-state index >= 15 is 0 Å². The molecule has 3 aromatic heterocycles. The van der Waals surface area contributed by atoms with E-state index in [1.165, 1.54) is 18.3 Å². The third-order valence-corrected chi connectivity index (χ3v) is 3.88. The molecule has 0 radical (unpaired) electrons. The number of amides is 1. The van der Waals surface area contributed by atoms with Crippen molar-refractivity contribution in [1.82, 2.24) is 25.1 Å². The fraction of sp³-hybridized carbons (Fsp3) is 0.125. The molecule has 9 heteroatoms. The first-order chi connectivity index (χ1) is 12.1. The number of anilines is 1. The molecule has 1 aromatic carbocycles. The number of imidazole rings is 1. The minimum Gasteiger partial charge on any atom is -0.337 e. The van der Waals surface area contributed by atoms with E-state index in [9.17, 15) is 9.18 Å². The number of H-pyrrole nitrogens is 2. The summed E-state index contributed by atoms with van der Waals surface area (Å²) >= 11 is 5.56. The molecule has 4 rings (SSSR count). The number of halogens is 2. The zero-order valence-electron chi connectivity index (χ0n) is 12.8. The molecule has 0 saturated carbocycles. The highest BCUT2D eigenvalue weighted by Gasteiger charge is 2.14.